The van der Waals surface area contributed by atoms with E-state index >= 15 is 0 Å². The highest BCUT2D eigenvalue weighted by atomic mass is 16.5. The Balaban J connectivity index is 2.71. The number of carbonyl (C=O) groups is 1. The second kappa shape index (κ2) is 7.76. The van der Waals surface area contributed by atoms with E-state index in [4.69, 9.17) is 10.5 Å². The summed E-state index contributed by atoms with van der Waals surface area (Å²) in [5.41, 5.74) is 7.74. The SMILES string of the molecule is CCNC(=O)CN(C)Cc1cc(CN)ccc1OC. The van der Waals surface area contributed by atoms with Crippen LogP contribution in [-0.4, -0.2) is 38.1 Å². The van der Waals surface area contributed by atoms with Crippen molar-refractivity contribution in [2.24, 2.45) is 5.73 Å². The van der Waals surface area contributed by atoms with Crippen molar-refractivity contribution >= 4 is 5.91 Å². The molecule has 0 unspecified atom stereocenters. The van der Waals surface area contributed by atoms with E-state index in [9.17, 15) is 4.79 Å². The van der Waals surface area contributed by atoms with E-state index in [1.54, 1.807) is 7.11 Å². The van der Waals surface area contributed by atoms with Crippen molar-refractivity contribution in [1.29, 1.82) is 0 Å². The molecule has 3 N–H and O–H groups in total. The molecule has 1 amide bonds. The number of methoxy groups -OCH3 is 1. The van der Waals surface area contributed by atoms with Crippen LogP contribution in [0.2, 0.25) is 0 Å². The van der Waals surface area contributed by atoms with Crippen molar-refractivity contribution < 1.29 is 9.53 Å². The average molecular weight is 265 g/mol. The highest BCUT2D eigenvalue weighted by molar-refractivity contribution is 5.77. The van der Waals surface area contributed by atoms with Crippen LogP contribution in [-0.2, 0) is 17.9 Å². The van der Waals surface area contributed by atoms with Crippen LogP contribution < -0.4 is 15.8 Å². The minimum atomic E-state index is 0.0268. The number of nitrogens with zero attached hydrogens (tertiary/aromatic N) is 1. The van der Waals surface area contributed by atoms with Gasteiger partial charge in [0.1, 0.15) is 5.75 Å². The van der Waals surface area contributed by atoms with Gasteiger partial charge < -0.3 is 15.8 Å². The van der Waals surface area contributed by atoms with E-state index in [1.807, 2.05) is 37.1 Å². The Bertz CT molecular complexity index is 421. The van der Waals surface area contributed by atoms with Crippen molar-refractivity contribution in [3.8, 4) is 5.75 Å². The fourth-order valence-electron chi connectivity index (χ4n) is 1.93. The molecule has 0 spiro atoms. The molecule has 0 saturated carbocycles. The summed E-state index contributed by atoms with van der Waals surface area (Å²) < 4.78 is 5.33. The van der Waals surface area contributed by atoms with Crippen molar-refractivity contribution in [1.82, 2.24) is 10.2 Å². The Morgan fingerprint density at radius 1 is 1.47 bits per heavy atom. The van der Waals surface area contributed by atoms with Gasteiger partial charge >= 0.3 is 0 Å². The highest BCUT2D eigenvalue weighted by Gasteiger charge is 2.10. The number of rotatable bonds is 7. The first-order valence-corrected chi connectivity index (χ1v) is 6.41. The monoisotopic (exact) mass is 265 g/mol. The van der Waals surface area contributed by atoms with Gasteiger partial charge in [0.2, 0.25) is 5.91 Å². The van der Waals surface area contributed by atoms with Gasteiger partial charge in [-0.2, -0.15) is 0 Å². The number of hydrogen-bond donors (Lipinski definition) is 2. The Morgan fingerprint density at radius 2 is 2.21 bits per heavy atom. The molecular weight excluding hydrogens is 242 g/mol. The molecule has 106 valence electrons. The number of carbonyl (C=O) groups excluding carboxylic acids is 1. The number of nitrogens with one attached hydrogen (secondary N) is 1. The highest BCUT2D eigenvalue weighted by Crippen LogP contribution is 2.21. The van der Waals surface area contributed by atoms with E-state index in [0.717, 1.165) is 16.9 Å². The van der Waals surface area contributed by atoms with Crippen LogP contribution in [0.3, 0.4) is 0 Å². The summed E-state index contributed by atoms with van der Waals surface area (Å²) in [5.74, 6) is 0.846. The molecule has 0 radical (unpaired) electrons. The van der Waals surface area contributed by atoms with Gasteiger partial charge in [0.25, 0.3) is 0 Å². The molecule has 5 nitrogen and oxygen atoms in total. The third kappa shape index (κ3) is 4.89. The van der Waals surface area contributed by atoms with E-state index in [1.165, 1.54) is 0 Å². The number of hydrogen-bond acceptors (Lipinski definition) is 4. The van der Waals surface area contributed by atoms with Crippen molar-refractivity contribution in [3.63, 3.8) is 0 Å². The summed E-state index contributed by atoms with van der Waals surface area (Å²) in [6, 6.07) is 5.89. The maximum absolute atomic E-state index is 11.5. The quantitative estimate of drug-likeness (QED) is 0.762. The van der Waals surface area contributed by atoms with Gasteiger partial charge in [-0.1, -0.05) is 6.07 Å². The van der Waals surface area contributed by atoms with Gasteiger partial charge in [-0.15, -0.1) is 0 Å². The van der Waals surface area contributed by atoms with Gasteiger partial charge in [-0.25, -0.2) is 0 Å². The Kier molecular flexibility index (Phi) is 6.32. The lowest BCUT2D eigenvalue weighted by Gasteiger charge is -2.18. The maximum Gasteiger partial charge on any atom is 0.234 e. The van der Waals surface area contributed by atoms with Crippen LogP contribution in [0.4, 0.5) is 0 Å². The molecule has 0 aromatic heterocycles. The zero-order valence-electron chi connectivity index (χ0n) is 11.9. The molecule has 5 heteroatoms. The van der Waals surface area contributed by atoms with Crippen molar-refractivity contribution in [2.45, 2.75) is 20.0 Å². The van der Waals surface area contributed by atoms with Crippen LogP contribution in [0, 0.1) is 0 Å². The molecule has 1 rings (SSSR count). The normalized spacial score (nSPS) is 10.6. The van der Waals surface area contributed by atoms with Crippen molar-refractivity contribution in [3.05, 3.63) is 29.3 Å². The predicted molar refractivity (Wildman–Crippen MR) is 75.9 cm³/mol. The molecule has 0 aliphatic carbocycles. The number of nitrogens with two attached hydrogens (primary N) is 1. The zero-order chi connectivity index (χ0) is 14.3. The fourth-order valence-corrected chi connectivity index (χ4v) is 1.93. The fraction of sp³-hybridized carbons (Fsp3) is 0.500. The van der Waals surface area contributed by atoms with Gasteiger partial charge in [0.15, 0.2) is 0 Å². The first kappa shape index (κ1) is 15.5. The van der Waals surface area contributed by atoms with Crippen LogP contribution >= 0.6 is 0 Å². The summed E-state index contributed by atoms with van der Waals surface area (Å²) in [7, 11) is 3.55. The van der Waals surface area contributed by atoms with Crippen LogP contribution in [0.15, 0.2) is 18.2 Å². The van der Waals surface area contributed by atoms with Gasteiger partial charge in [-0.3, -0.25) is 9.69 Å². The van der Waals surface area contributed by atoms with E-state index in [2.05, 4.69) is 5.32 Å². The van der Waals surface area contributed by atoms with E-state index < -0.39 is 0 Å². The maximum atomic E-state index is 11.5. The standard InChI is InChI=1S/C14H23N3O2/c1-4-16-14(18)10-17(2)9-12-7-11(8-15)5-6-13(12)19-3/h5-7H,4,8-10,15H2,1-3H3,(H,16,18). The van der Waals surface area contributed by atoms with E-state index in [0.29, 0.717) is 26.2 Å². The number of amides is 1. The lowest BCUT2D eigenvalue weighted by atomic mass is 10.1. The Morgan fingerprint density at radius 3 is 2.79 bits per heavy atom. The molecule has 0 aliphatic rings. The average Bonchev–Trinajstić information content (AvgIpc) is 2.38. The van der Waals surface area contributed by atoms with Gasteiger partial charge in [0.05, 0.1) is 13.7 Å². The molecule has 0 atom stereocenters. The molecule has 0 fully saturated rings. The second-order valence-electron chi connectivity index (χ2n) is 4.48. The summed E-state index contributed by atoms with van der Waals surface area (Å²) >= 11 is 0. The summed E-state index contributed by atoms with van der Waals surface area (Å²) in [5, 5.41) is 2.78. The summed E-state index contributed by atoms with van der Waals surface area (Å²) in [4.78, 5) is 13.5. The van der Waals surface area contributed by atoms with Crippen LogP contribution in [0.1, 0.15) is 18.1 Å². The molecule has 0 heterocycles. The molecule has 1 aromatic rings. The second-order valence-corrected chi connectivity index (χ2v) is 4.48. The third-order valence-corrected chi connectivity index (χ3v) is 2.81. The zero-order valence-corrected chi connectivity index (χ0v) is 11.9. The summed E-state index contributed by atoms with van der Waals surface area (Å²) in [6.45, 7) is 4.07. The lowest BCUT2D eigenvalue weighted by Crippen LogP contribution is -2.34. The Labute approximate surface area is 114 Å². The molecular formula is C14H23N3O2. The topological polar surface area (TPSA) is 67.6 Å². The number of ether oxygens (including phenoxy) is 1. The first-order valence-electron chi connectivity index (χ1n) is 6.41. The minimum Gasteiger partial charge on any atom is -0.496 e. The van der Waals surface area contributed by atoms with Gasteiger partial charge in [-0.05, 0) is 31.7 Å². The molecule has 0 saturated heterocycles. The van der Waals surface area contributed by atoms with Crippen LogP contribution in [0.25, 0.3) is 0 Å². The minimum absolute atomic E-state index is 0.0268. The number of likely N-dealkylation sites (N-methyl/N-ethyl adjacent to an activating group) is 2. The molecule has 19 heavy (non-hydrogen) atoms. The van der Waals surface area contributed by atoms with Crippen LogP contribution in [0.5, 0.6) is 5.75 Å². The molecule has 0 bridgehead atoms. The molecule has 0 aliphatic heterocycles. The van der Waals surface area contributed by atoms with Gasteiger partial charge in [0, 0.05) is 25.2 Å². The third-order valence-electron chi connectivity index (χ3n) is 2.81. The van der Waals surface area contributed by atoms with E-state index in [-0.39, 0.29) is 5.91 Å². The number of benzene rings is 1. The Hall–Kier alpha value is -1.59. The first-order chi connectivity index (χ1) is 9.10. The molecule has 1 aromatic carbocycles. The summed E-state index contributed by atoms with van der Waals surface area (Å²) in [6.07, 6.45) is 0. The largest absolute Gasteiger partial charge is 0.496 e. The predicted octanol–water partition coefficient (Wildman–Crippen LogP) is 0.722. The van der Waals surface area contributed by atoms with Crippen molar-refractivity contribution in [2.75, 3.05) is 27.2 Å². The lowest BCUT2D eigenvalue weighted by molar-refractivity contribution is -0.121. The smallest absolute Gasteiger partial charge is 0.234 e.